The van der Waals surface area contributed by atoms with Crippen LogP contribution in [0.25, 0.3) is 11.1 Å². The van der Waals surface area contributed by atoms with Crippen molar-refractivity contribution in [2.75, 3.05) is 0 Å². The smallest absolute Gasteiger partial charge is 0.200 e. The average molecular weight is 358 g/mol. The van der Waals surface area contributed by atoms with Gasteiger partial charge in [-0.05, 0) is 31.4 Å². The second kappa shape index (κ2) is 5.46. The summed E-state index contributed by atoms with van der Waals surface area (Å²) in [7, 11) is -3.79. The summed E-state index contributed by atoms with van der Waals surface area (Å²) < 4.78 is 31.8. The van der Waals surface area contributed by atoms with Gasteiger partial charge < -0.3 is 9.52 Å². The summed E-state index contributed by atoms with van der Waals surface area (Å²) in [6.07, 6.45) is 0.733. The van der Waals surface area contributed by atoms with Crippen LogP contribution in [0.15, 0.2) is 21.4 Å². The molecule has 1 fully saturated rings. The van der Waals surface area contributed by atoms with Gasteiger partial charge in [0, 0.05) is 5.41 Å². The summed E-state index contributed by atoms with van der Waals surface area (Å²) in [6, 6.07) is 3.17. The largest absolute Gasteiger partial charge is 0.439 e. The van der Waals surface area contributed by atoms with Crippen molar-refractivity contribution in [1.82, 2.24) is 4.98 Å². The first-order valence-electron chi connectivity index (χ1n) is 7.64. The van der Waals surface area contributed by atoms with Gasteiger partial charge in [0.2, 0.25) is 5.89 Å². The lowest BCUT2D eigenvalue weighted by atomic mass is 9.97. The molecule has 2 aromatic rings. The third-order valence-electron chi connectivity index (χ3n) is 4.21. The fraction of sp³-hybridized carbons (Fsp3) is 0.562. The number of hydrogen-bond donors (Lipinski definition) is 1. The molecule has 1 saturated carbocycles. The molecule has 0 aliphatic heterocycles. The lowest BCUT2D eigenvalue weighted by Crippen LogP contribution is -2.29. The zero-order chi connectivity index (χ0) is 17.0. The molecule has 2 atom stereocenters. The predicted molar refractivity (Wildman–Crippen MR) is 88.6 cm³/mol. The van der Waals surface area contributed by atoms with Crippen molar-refractivity contribution in [3.05, 3.63) is 23.0 Å². The molecule has 1 aromatic carbocycles. The van der Waals surface area contributed by atoms with Crippen LogP contribution in [0, 0.1) is 0 Å². The van der Waals surface area contributed by atoms with E-state index in [1.807, 2.05) is 20.8 Å². The van der Waals surface area contributed by atoms with Gasteiger partial charge in [0.1, 0.15) is 10.4 Å². The number of aromatic nitrogens is 1. The second-order valence-electron chi connectivity index (χ2n) is 7.08. The van der Waals surface area contributed by atoms with Crippen LogP contribution in [-0.4, -0.2) is 29.9 Å². The van der Waals surface area contributed by atoms with Gasteiger partial charge in [-0.1, -0.05) is 32.4 Å². The van der Waals surface area contributed by atoms with Gasteiger partial charge in [-0.25, -0.2) is 13.4 Å². The Bertz CT molecular complexity index is 851. The molecule has 0 bridgehead atoms. The number of rotatable bonds is 2. The normalized spacial score (nSPS) is 22.8. The quantitative estimate of drug-likeness (QED) is 0.890. The van der Waals surface area contributed by atoms with Crippen molar-refractivity contribution in [2.24, 2.45) is 0 Å². The van der Waals surface area contributed by atoms with Gasteiger partial charge in [0.15, 0.2) is 15.4 Å². The zero-order valence-corrected chi connectivity index (χ0v) is 14.9. The maximum Gasteiger partial charge on any atom is 0.200 e. The Hall–Kier alpha value is -1.11. The van der Waals surface area contributed by atoms with E-state index >= 15 is 0 Å². The van der Waals surface area contributed by atoms with Crippen molar-refractivity contribution < 1.29 is 17.9 Å². The highest BCUT2D eigenvalue weighted by Gasteiger charge is 2.40. The molecule has 5 nitrogen and oxygen atoms in total. The summed E-state index contributed by atoms with van der Waals surface area (Å²) in [4.78, 5) is 4.34. The third-order valence-corrected chi connectivity index (χ3v) is 6.95. The number of aliphatic hydroxyl groups is 1. The fourth-order valence-electron chi connectivity index (χ4n) is 2.95. The van der Waals surface area contributed by atoms with Gasteiger partial charge in [-0.3, -0.25) is 0 Å². The number of fused-ring (bicyclic) bond motifs is 1. The molecule has 0 amide bonds. The number of benzene rings is 1. The average Bonchev–Trinajstić information content (AvgIpc) is 3.03. The van der Waals surface area contributed by atoms with Crippen LogP contribution >= 0.6 is 11.6 Å². The number of aliphatic hydroxyl groups excluding tert-OH is 1. The predicted octanol–water partition coefficient (Wildman–Crippen LogP) is 3.47. The molecule has 7 heteroatoms. The molecule has 3 rings (SSSR count). The number of sulfone groups is 1. The Labute approximate surface area is 140 Å². The lowest BCUT2D eigenvalue weighted by Gasteiger charge is -2.16. The topological polar surface area (TPSA) is 80.4 Å². The van der Waals surface area contributed by atoms with E-state index in [1.54, 1.807) is 6.07 Å². The lowest BCUT2D eigenvalue weighted by molar-refractivity contribution is 0.185. The van der Waals surface area contributed by atoms with E-state index in [4.69, 9.17) is 16.0 Å². The van der Waals surface area contributed by atoms with Crippen LogP contribution in [-0.2, 0) is 15.3 Å². The monoisotopic (exact) mass is 357 g/mol. The third kappa shape index (κ3) is 2.77. The summed E-state index contributed by atoms with van der Waals surface area (Å²) in [5, 5.41) is 9.28. The van der Waals surface area contributed by atoms with Crippen LogP contribution < -0.4 is 0 Å². The minimum absolute atomic E-state index is 0.0504. The summed E-state index contributed by atoms with van der Waals surface area (Å²) in [5.41, 5.74) is 0.297. The highest BCUT2D eigenvalue weighted by atomic mass is 35.5. The second-order valence-corrected chi connectivity index (χ2v) is 9.59. The van der Waals surface area contributed by atoms with Gasteiger partial charge in [0.05, 0.1) is 16.4 Å². The van der Waals surface area contributed by atoms with Crippen LogP contribution in [0.1, 0.15) is 45.9 Å². The van der Waals surface area contributed by atoms with Gasteiger partial charge in [0.25, 0.3) is 0 Å². The standard InChI is InChI=1S/C16H20ClNO4S/c1-16(2,3)15-18-10-8-7-9(17)14(13(10)22-15)23(20,21)12-6-4-5-11(12)19/h7-8,11-12,19H,4-6H2,1-3H3. The highest BCUT2D eigenvalue weighted by molar-refractivity contribution is 7.92. The first-order valence-corrected chi connectivity index (χ1v) is 9.56. The number of halogens is 1. The van der Waals surface area contributed by atoms with Crippen LogP contribution in [0.3, 0.4) is 0 Å². The number of hydrogen-bond acceptors (Lipinski definition) is 5. The molecule has 1 aromatic heterocycles. The Balaban J connectivity index is 2.24. The minimum atomic E-state index is -3.79. The van der Waals surface area contributed by atoms with Gasteiger partial charge in [-0.2, -0.15) is 0 Å². The van der Waals surface area contributed by atoms with E-state index in [9.17, 15) is 13.5 Å². The molecule has 1 heterocycles. The molecule has 0 spiro atoms. The van der Waals surface area contributed by atoms with E-state index in [-0.39, 0.29) is 20.9 Å². The summed E-state index contributed by atoms with van der Waals surface area (Å²) >= 11 is 6.19. The van der Waals surface area contributed by atoms with Gasteiger partial charge in [-0.15, -0.1) is 0 Å². The first kappa shape index (κ1) is 16.7. The maximum absolute atomic E-state index is 13.0. The molecule has 1 aliphatic rings. The van der Waals surface area contributed by atoms with Crippen LogP contribution in [0.4, 0.5) is 0 Å². The fourth-order valence-corrected chi connectivity index (χ4v) is 5.49. The molecule has 1 N–H and O–H groups in total. The Kier molecular flexibility index (Phi) is 3.98. The minimum Gasteiger partial charge on any atom is -0.439 e. The molecular formula is C16H20ClNO4S. The van der Waals surface area contributed by atoms with E-state index in [0.29, 0.717) is 30.7 Å². The Morgan fingerprint density at radius 1 is 1.30 bits per heavy atom. The van der Waals surface area contributed by atoms with Crippen molar-refractivity contribution in [3.8, 4) is 0 Å². The molecule has 1 aliphatic carbocycles. The van der Waals surface area contributed by atoms with E-state index in [2.05, 4.69) is 4.98 Å². The van der Waals surface area contributed by atoms with Crippen LogP contribution in [0.5, 0.6) is 0 Å². The van der Waals surface area contributed by atoms with E-state index in [1.165, 1.54) is 6.07 Å². The highest BCUT2D eigenvalue weighted by Crippen LogP contribution is 2.39. The molecule has 0 saturated heterocycles. The zero-order valence-electron chi connectivity index (χ0n) is 13.3. The molecular weight excluding hydrogens is 338 g/mol. The number of oxazole rings is 1. The summed E-state index contributed by atoms with van der Waals surface area (Å²) in [6.45, 7) is 5.82. The molecule has 23 heavy (non-hydrogen) atoms. The van der Waals surface area contributed by atoms with Crippen LogP contribution in [0.2, 0.25) is 5.02 Å². The van der Waals surface area contributed by atoms with E-state index < -0.39 is 21.2 Å². The van der Waals surface area contributed by atoms with E-state index in [0.717, 1.165) is 0 Å². The SMILES string of the molecule is CC(C)(C)c1nc2ccc(Cl)c(S(=O)(=O)C3CCCC3O)c2o1. The Morgan fingerprint density at radius 2 is 2.00 bits per heavy atom. The molecule has 126 valence electrons. The van der Waals surface area contributed by atoms with Gasteiger partial charge >= 0.3 is 0 Å². The number of nitrogens with zero attached hydrogens (tertiary/aromatic N) is 1. The van der Waals surface area contributed by atoms with Crippen molar-refractivity contribution >= 4 is 32.5 Å². The Morgan fingerprint density at radius 3 is 2.57 bits per heavy atom. The van der Waals surface area contributed by atoms with Crippen molar-refractivity contribution in [2.45, 2.75) is 61.7 Å². The first-order chi connectivity index (χ1) is 10.6. The summed E-state index contributed by atoms with van der Waals surface area (Å²) in [5.74, 6) is 0.457. The van der Waals surface area contributed by atoms with Crippen molar-refractivity contribution in [1.29, 1.82) is 0 Å². The maximum atomic E-state index is 13.0. The molecule has 2 unspecified atom stereocenters. The van der Waals surface area contributed by atoms with Crippen molar-refractivity contribution in [3.63, 3.8) is 0 Å². The molecule has 0 radical (unpaired) electrons.